The lowest BCUT2D eigenvalue weighted by molar-refractivity contribution is 0.602. The van der Waals surface area contributed by atoms with E-state index in [1.807, 2.05) is 30.3 Å². The molecule has 0 aliphatic heterocycles. The molecule has 4 nitrogen and oxygen atoms in total. The van der Waals surface area contributed by atoms with Crippen LogP contribution in [0.15, 0.2) is 82.8 Å². The summed E-state index contributed by atoms with van der Waals surface area (Å²) < 4.78 is 23.3. The summed E-state index contributed by atoms with van der Waals surface area (Å²) in [5.74, 6) is 0.895. The first-order valence-corrected chi connectivity index (χ1v) is 10.6. The number of pyridine rings is 1. The van der Waals surface area contributed by atoms with Crippen LogP contribution in [0.3, 0.4) is 0 Å². The largest absolute Gasteiger partial charge is 0.355 e. The molecule has 0 amide bonds. The van der Waals surface area contributed by atoms with Crippen LogP contribution in [-0.2, 0) is 15.6 Å². The molecule has 0 unspecified atom stereocenters. The Labute approximate surface area is 152 Å². The molecule has 0 atom stereocenters. The first-order chi connectivity index (χ1) is 12.0. The van der Waals surface area contributed by atoms with Gasteiger partial charge < -0.3 is 5.32 Å². The van der Waals surface area contributed by atoms with Gasteiger partial charge in [-0.1, -0.05) is 6.07 Å². The fraction of sp³-hybridized carbons (Fsp3) is 0.105. The van der Waals surface area contributed by atoms with E-state index < -0.39 is 9.84 Å². The van der Waals surface area contributed by atoms with Gasteiger partial charge >= 0.3 is 0 Å². The van der Waals surface area contributed by atoms with Gasteiger partial charge in [0.05, 0.1) is 4.90 Å². The second kappa shape index (κ2) is 7.72. The van der Waals surface area contributed by atoms with Crippen molar-refractivity contribution >= 4 is 33.0 Å². The van der Waals surface area contributed by atoms with Gasteiger partial charge in [-0.3, -0.25) is 4.98 Å². The zero-order valence-corrected chi connectivity index (χ0v) is 15.3. The van der Waals surface area contributed by atoms with E-state index >= 15 is 0 Å². The highest BCUT2D eigenvalue weighted by molar-refractivity contribution is 7.98. The van der Waals surface area contributed by atoms with E-state index in [9.17, 15) is 8.42 Å². The Morgan fingerprint density at radius 2 is 1.68 bits per heavy atom. The average molecular weight is 370 g/mol. The maximum Gasteiger partial charge on any atom is 0.175 e. The minimum Gasteiger partial charge on any atom is -0.355 e. The van der Waals surface area contributed by atoms with Crippen molar-refractivity contribution in [2.45, 2.75) is 15.5 Å². The summed E-state index contributed by atoms with van der Waals surface area (Å²) in [6.45, 7) is 0. The fourth-order valence-electron chi connectivity index (χ4n) is 2.25. The van der Waals surface area contributed by atoms with Crippen LogP contribution in [-0.4, -0.2) is 19.7 Å². The summed E-state index contributed by atoms with van der Waals surface area (Å²) in [5, 5.41) is 3.24. The molecular weight excluding hydrogens is 352 g/mol. The van der Waals surface area contributed by atoms with E-state index in [-0.39, 0.29) is 0 Å². The standard InChI is InChI=1S/C19H18N2O2S2/c1-25(22,23)19-4-2-3-17(13-19)21-16-5-7-18(8-6-16)24-14-15-9-11-20-12-10-15/h2-13,21H,14H2,1H3. The number of rotatable bonds is 6. The van der Waals surface area contributed by atoms with Crippen molar-refractivity contribution in [3.63, 3.8) is 0 Å². The number of benzene rings is 2. The Hall–Kier alpha value is -2.31. The second-order valence-corrected chi connectivity index (χ2v) is 8.66. The molecule has 0 aliphatic carbocycles. The first-order valence-electron chi connectivity index (χ1n) is 7.70. The number of hydrogen-bond donors (Lipinski definition) is 1. The summed E-state index contributed by atoms with van der Waals surface area (Å²) in [5.41, 5.74) is 2.90. The zero-order chi connectivity index (χ0) is 17.7. The highest BCUT2D eigenvalue weighted by Crippen LogP contribution is 2.26. The van der Waals surface area contributed by atoms with Crippen molar-refractivity contribution in [3.8, 4) is 0 Å². The molecule has 1 aromatic heterocycles. The Bertz CT molecular complexity index is 941. The van der Waals surface area contributed by atoms with E-state index in [2.05, 4.69) is 22.4 Å². The van der Waals surface area contributed by atoms with Gasteiger partial charge in [0.15, 0.2) is 9.84 Å². The van der Waals surface area contributed by atoms with Crippen LogP contribution in [0.1, 0.15) is 5.56 Å². The van der Waals surface area contributed by atoms with Gasteiger partial charge in [-0.25, -0.2) is 8.42 Å². The number of anilines is 2. The summed E-state index contributed by atoms with van der Waals surface area (Å²) in [4.78, 5) is 5.50. The third kappa shape index (κ3) is 5.08. The Balaban J connectivity index is 1.65. The monoisotopic (exact) mass is 370 g/mol. The van der Waals surface area contributed by atoms with Crippen LogP contribution in [0, 0.1) is 0 Å². The first kappa shape index (κ1) is 17.5. The van der Waals surface area contributed by atoms with E-state index in [0.717, 1.165) is 17.1 Å². The van der Waals surface area contributed by atoms with Gasteiger partial charge in [0.1, 0.15) is 0 Å². The van der Waals surface area contributed by atoms with Gasteiger partial charge in [-0.2, -0.15) is 0 Å². The van der Waals surface area contributed by atoms with Crippen LogP contribution in [0.5, 0.6) is 0 Å². The van der Waals surface area contributed by atoms with Crippen LogP contribution in [0.25, 0.3) is 0 Å². The van der Waals surface area contributed by atoms with Crippen molar-refractivity contribution in [1.82, 2.24) is 4.98 Å². The third-order valence-electron chi connectivity index (χ3n) is 3.56. The predicted molar refractivity (Wildman–Crippen MR) is 103 cm³/mol. The molecule has 0 radical (unpaired) electrons. The lowest BCUT2D eigenvalue weighted by Gasteiger charge is -2.09. The van der Waals surface area contributed by atoms with Crippen LogP contribution in [0.4, 0.5) is 11.4 Å². The number of sulfone groups is 1. The van der Waals surface area contributed by atoms with Crippen molar-refractivity contribution < 1.29 is 8.42 Å². The second-order valence-electron chi connectivity index (χ2n) is 5.59. The molecule has 0 saturated heterocycles. The molecule has 2 aromatic carbocycles. The zero-order valence-electron chi connectivity index (χ0n) is 13.7. The lowest BCUT2D eigenvalue weighted by atomic mass is 10.2. The van der Waals surface area contributed by atoms with Gasteiger partial charge in [-0.15, -0.1) is 11.8 Å². The maximum absolute atomic E-state index is 11.6. The number of nitrogens with one attached hydrogen (secondary N) is 1. The Kier molecular flexibility index (Phi) is 5.40. The SMILES string of the molecule is CS(=O)(=O)c1cccc(Nc2ccc(SCc3ccncc3)cc2)c1. The molecule has 128 valence electrons. The molecule has 3 aromatic rings. The summed E-state index contributed by atoms with van der Waals surface area (Å²) >= 11 is 1.76. The van der Waals surface area contributed by atoms with E-state index in [1.54, 1.807) is 42.4 Å². The van der Waals surface area contributed by atoms with Crippen molar-refractivity contribution in [1.29, 1.82) is 0 Å². The average Bonchev–Trinajstić information content (AvgIpc) is 2.62. The van der Waals surface area contributed by atoms with Gasteiger partial charge in [-0.05, 0) is 60.2 Å². The molecule has 25 heavy (non-hydrogen) atoms. The van der Waals surface area contributed by atoms with Crippen molar-refractivity contribution in [2.24, 2.45) is 0 Å². The third-order valence-corrected chi connectivity index (χ3v) is 5.75. The Morgan fingerprint density at radius 1 is 0.960 bits per heavy atom. The molecule has 6 heteroatoms. The Morgan fingerprint density at radius 3 is 2.36 bits per heavy atom. The van der Waals surface area contributed by atoms with Gasteiger partial charge in [0.25, 0.3) is 0 Å². The molecule has 0 fully saturated rings. The highest BCUT2D eigenvalue weighted by atomic mass is 32.2. The number of nitrogens with zero attached hydrogens (tertiary/aromatic N) is 1. The van der Waals surface area contributed by atoms with Crippen molar-refractivity contribution in [3.05, 3.63) is 78.6 Å². The summed E-state index contributed by atoms with van der Waals surface area (Å²) in [6.07, 6.45) is 4.81. The topological polar surface area (TPSA) is 59.1 Å². The van der Waals surface area contributed by atoms with E-state index in [0.29, 0.717) is 4.90 Å². The predicted octanol–water partition coefficient (Wildman–Crippen LogP) is 4.52. The molecule has 0 spiro atoms. The molecule has 1 N–H and O–H groups in total. The molecule has 0 saturated carbocycles. The number of hydrogen-bond acceptors (Lipinski definition) is 5. The summed E-state index contributed by atoms with van der Waals surface area (Å²) in [7, 11) is -3.21. The van der Waals surface area contributed by atoms with E-state index in [1.165, 1.54) is 16.7 Å². The highest BCUT2D eigenvalue weighted by Gasteiger charge is 2.07. The minimum absolute atomic E-state index is 0.307. The van der Waals surface area contributed by atoms with Crippen LogP contribution < -0.4 is 5.32 Å². The molecule has 0 aliphatic rings. The van der Waals surface area contributed by atoms with Gasteiger partial charge in [0.2, 0.25) is 0 Å². The minimum atomic E-state index is -3.21. The number of thioether (sulfide) groups is 1. The summed E-state index contributed by atoms with van der Waals surface area (Å²) in [6, 6.07) is 18.9. The van der Waals surface area contributed by atoms with Crippen LogP contribution >= 0.6 is 11.8 Å². The maximum atomic E-state index is 11.6. The fourth-order valence-corrected chi connectivity index (χ4v) is 3.77. The van der Waals surface area contributed by atoms with Gasteiger partial charge in [0, 0.05) is 40.7 Å². The van der Waals surface area contributed by atoms with Crippen molar-refractivity contribution in [2.75, 3.05) is 11.6 Å². The van der Waals surface area contributed by atoms with Crippen LogP contribution in [0.2, 0.25) is 0 Å². The van der Waals surface area contributed by atoms with E-state index in [4.69, 9.17) is 0 Å². The quantitative estimate of drug-likeness (QED) is 0.647. The molecular formula is C19H18N2O2S2. The molecule has 0 bridgehead atoms. The smallest absolute Gasteiger partial charge is 0.175 e. The lowest BCUT2D eigenvalue weighted by Crippen LogP contribution is -1.98. The normalized spacial score (nSPS) is 11.2. The molecule has 3 rings (SSSR count). The number of aromatic nitrogens is 1. The molecule has 1 heterocycles.